The van der Waals surface area contributed by atoms with Gasteiger partial charge in [-0.2, -0.15) is 0 Å². The van der Waals surface area contributed by atoms with Crippen LogP contribution in [0.25, 0.3) is 0 Å². The molecule has 0 fully saturated rings. The number of hydrogen-bond donors (Lipinski definition) is 1. The molecule has 0 aromatic carbocycles. The average Bonchev–Trinajstić information content (AvgIpc) is 1.69. The normalized spacial score (nSPS) is 12.2. The summed E-state index contributed by atoms with van der Waals surface area (Å²) in [5.74, 6) is 0. The van der Waals surface area contributed by atoms with Gasteiger partial charge in [-0.05, 0) is 6.92 Å². The number of carbonyl (C=O) groups excluding carboxylic acids is 1. The van der Waals surface area contributed by atoms with E-state index in [1.807, 2.05) is 0 Å². The maximum Gasteiger partial charge on any atom is 0.152 e. The van der Waals surface area contributed by atoms with Crippen LogP contribution in [0.5, 0.6) is 0 Å². The lowest BCUT2D eigenvalue weighted by atomic mass is 10.3. The predicted molar refractivity (Wildman–Crippen MR) is 36.5 cm³/mol. The van der Waals surface area contributed by atoms with Crippen molar-refractivity contribution in [2.24, 2.45) is 0 Å². The molecule has 8 heavy (non-hydrogen) atoms. The van der Waals surface area contributed by atoms with E-state index in [-0.39, 0.29) is 0 Å². The molecule has 0 unspecified atom stereocenters. The standard InChI is InChI=1S/C5H6BrNO/c1-4(6)5(2-7)3-8/h2-3,7H,1H3/b5-4-,7-2?. The zero-order valence-electron chi connectivity index (χ0n) is 4.44. The molecular formula is C5H6BrNO. The molecule has 0 heterocycles. The highest BCUT2D eigenvalue weighted by Crippen LogP contribution is 2.05. The Morgan fingerprint density at radius 1 is 1.75 bits per heavy atom. The number of carbonyl (C=O) groups is 1. The van der Waals surface area contributed by atoms with E-state index in [0.29, 0.717) is 16.3 Å². The van der Waals surface area contributed by atoms with E-state index in [2.05, 4.69) is 15.9 Å². The van der Waals surface area contributed by atoms with Gasteiger partial charge in [0, 0.05) is 16.3 Å². The van der Waals surface area contributed by atoms with Gasteiger partial charge in [0.05, 0.1) is 0 Å². The van der Waals surface area contributed by atoms with E-state index >= 15 is 0 Å². The Hall–Kier alpha value is -0.440. The highest BCUT2D eigenvalue weighted by molar-refractivity contribution is 9.11. The first kappa shape index (κ1) is 7.56. The summed E-state index contributed by atoms with van der Waals surface area (Å²) in [6.07, 6.45) is 1.65. The number of nitrogens with one attached hydrogen (secondary N) is 1. The van der Waals surface area contributed by atoms with Gasteiger partial charge in [0.15, 0.2) is 6.29 Å². The van der Waals surface area contributed by atoms with Crippen LogP contribution < -0.4 is 0 Å². The van der Waals surface area contributed by atoms with Crippen molar-refractivity contribution in [3.8, 4) is 0 Å². The lowest BCUT2D eigenvalue weighted by molar-refractivity contribution is -0.104. The summed E-state index contributed by atoms with van der Waals surface area (Å²) in [6.45, 7) is 1.72. The highest BCUT2D eigenvalue weighted by Gasteiger charge is 1.90. The third-order valence-electron chi connectivity index (χ3n) is 0.680. The molecule has 0 aromatic rings. The van der Waals surface area contributed by atoms with Crippen LogP contribution in [0.15, 0.2) is 10.1 Å². The van der Waals surface area contributed by atoms with Crippen LogP contribution >= 0.6 is 15.9 Å². The topological polar surface area (TPSA) is 40.9 Å². The molecule has 0 bridgehead atoms. The summed E-state index contributed by atoms with van der Waals surface area (Å²) < 4.78 is 0.697. The summed E-state index contributed by atoms with van der Waals surface area (Å²) in [6, 6.07) is 0. The molecule has 0 aliphatic rings. The van der Waals surface area contributed by atoms with E-state index in [4.69, 9.17) is 5.41 Å². The maximum atomic E-state index is 9.94. The molecule has 44 valence electrons. The van der Waals surface area contributed by atoms with Gasteiger partial charge in [-0.15, -0.1) is 0 Å². The molecule has 0 atom stereocenters. The van der Waals surface area contributed by atoms with Gasteiger partial charge in [0.1, 0.15) is 0 Å². The SMILES string of the molecule is C/C(Br)=C(\C=N)C=O. The van der Waals surface area contributed by atoms with Gasteiger partial charge in [-0.1, -0.05) is 15.9 Å². The molecule has 0 rings (SSSR count). The zero-order valence-corrected chi connectivity index (χ0v) is 6.03. The molecule has 3 heteroatoms. The fraction of sp³-hybridized carbons (Fsp3) is 0.200. The smallest absolute Gasteiger partial charge is 0.152 e. The lowest BCUT2D eigenvalue weighted by Gasteiger charge is -1.85. The maximum absolute atomic E-state index is 9.94. The van der Waals surface area contributed by atoms with E-state index in [9.17, 15) is 4.79 Å². The number of aldehydes is 1. The Morgan fingerprint density at radius 3 is 2.25 bits per heavy atom. The van der Waals surface area contributed by atoms with Crippen molar-refractivity contribution in [1.82, 2.24) is 0 Å². The summed E-state index contributed by atoms with van der Waals surface area (Å²) in [7, 11) is 0. The Balaban J connectivity index is 4.30. The zero-order chi connectivity index (χ0) is 6.57. The third-order valence-corrected chi connectivity index (χ3v) is 1.14. The predicted octanol–water partition coefficient (Wildman–Crippen LogP) is 1.50. The monoisotopic (exact) mass is 175 g/mol. The molecule has 2 nitrogen and oxygen atoms in total. The number of allylic oxidation sites excluding steroid dienone is 2. The second-order valence-corrected chi connectivity index (χ2v) is 2.44. The van der Waals surface area contributed by atoms with Crippen molar-refractivity contribution >= 4 is 28.4 Å². The van der Waals surface area contributed by atoms with Crippen molar-refractivity contribution in [3.05, 3.63) is 10.1 Å². The van der Waals surface area contributed by atoms with Crippen LogP contribution in [0.1, 0.15) is 6.92 Å². The van der Waals surface area contributed by atoms with Crippen LogP contribution in [0.2, 0.25) is 0 Å². The lowest BCUT2D eigenvalue weighted by Crippen LogP contribution is -1.84. The van der Waals surface area contributed by atoms with Crippen LogP contribution in [0.3, 0.4) is 0 Å². The minimum Gasteiger partial charge on any atom is -0.308 e. The van der Waals surface area contributed by atoms with E-state index < -0.39 is 0 Å². The van der Waals surface area contributed by atoms with E-state index in [0.717, 1.165) is 6.21 Å². The average molecular weight is 176 g/mol. The fourth-order valence-corrected chi connectivity index (χ4v) is 0.423. The van der Waals surface area contributed by atoms with Crippen LogP contribution in [-0.2, 0) is 4.79 Å². The molecule has 0 aliphatic heterocycles. The molecule has 0 aliphatic carbocycles. The highest BCUT2D eigenvalue weighted by atomic mass is 79.9. The second kappa shape index (κ2) is 3.55. The van der Waals surface area contributed by atoms with E-state index in [1.165, 1.54) is 0 Å². The second-order valence-electron chi connectivity index (χ2n) is 1.25. The number of hydrogen-bond acceptors (Lipinski definition) is 2. The van der Waals surface area contributed by atoms with Crippen molar-refractivity contribution in [2.75, 3.05) is 0 Å². The molecule has 1 N–H and O–H groups in total. The van der Waals surface area contributed by atoms with Gasteiger partial charge in [-0.3, -0.25) is 4.79 Å². The summed E-state index contributed by atoms with van der Waals surface area (Å²) in [5, 5.41) is 6.65. The van der Waals surface area contributed by atoms with Gasteiger partial charge < -0.3 is 5.41 Å². The largest absolute Gasteiger partial charge is 0.308 e. The first-order chi connectivity index (χ1) is 3.72. The molecule has 0 radical (unpaired) electrons. The molecular weight excluding hydrogens is 170 g/mol. The molecule has 0 saturated heterocycles. The molecule has 0 saturated carbocycles. The van der Waals surface area contributed by atoms with Gasteiger partial charge in [0.25, 0.3) is 0 Å². The van der Waals surface area contributed by atoms with Gasteiger partial charge in [0.2, 0.25) is 0 Å². The van der Waals surface area contributed by atoms with Crippen LogP contribution in [0, 0.1) is 5.41 Å². The van der Waals surface area contributed by atoms with Crippen LogP contribution in [-0.4, -0.2) is 12.5 Å². The number of halogens is 1. The van der Waals surface area contributed by atoms with Crippen LogP contribution in [0.4, 0.5) is 0 Å². The van der Waals surface area contributed by atoms with E-state index in [1.54, 1.807) is 6.92 Å². The van der Waals surface area contributed by atoms with Crippen molar-refractivity contribution < 1.29 is 4.79 Å². The number of rotatable bonds is 2. The Bertz CT molecular complexity index is 125. The van der Waals surface area contributed by atoms with Crippen molar-refractivity contribution in [1.29, 1.82) is 5.41 Å². The molecule has 0 aromatic heterocycles. The van der Waals surface area contributed by atoms with Crippen molar-refractivity contribution in [3.63, 3.8) is 0 Å². The fourth-order valence-electron chi connectivity index (χ4n) is 0.215. The first-order valence-corrected chi connectivity index (χ1v) is 2.83. The Morgan fingerprint density at radius 2 is 2.25 bits per heavy atom. The Labute approximate surface area is 56.2 Å². The minimum atomic E-state index is 0.380. The molecule has 0 amide bonds. The quantitative estimate of drug-likeness (QED) is 0.386. The minimum absolute atomic E-state index is 0.380. The summed E-state index contributed by atoms with van der Waals surface area (Å²) in [5.41, 5.74) is 0.380. The van der Waals surface area contributed by atoms with Gasteiger partial charge >= 0.3 is 0 Å². The van der Waals surface area contributed by atoms with Gasteiger partial charge in [-0.25, -0.2) is 0 Å². The first-order valence-electron chi connectivity index (χ1n) is 2.04. The van der Waals surface area contributed by atoms with Crippen molar-refractivity contribution in [2.45, 2.75) is 6.92 Å². The molecule has 0 spiro atoms. The summed E-state index contributed by atoms with van der Waals surface area (Å²) >= 11 is 3.06. The third kappa shape index (κ3) is 2.02. The Kier molecular flexibility index (Phi) is 3.35. The summed E-state index contributed by atoms with van der Waals surface area (Å²) in [4.78, 5) is 9.94.